The van der Waals surface area contributed by atoms with E-state index >= 15 is 0 Å². The highest BCUT2D eigenvalue weighted by atomic mass is 32.2. The first-order chi connectivity index (χ1) is 12.4. The molecule has 3 rings (SSSR count). The van der Waals surface area contributed by atoms with Gasteiger partial charge < -0.3 is 9.72 Å². The highest BCUT2D eigenvalue weighted by Crippen LogP contribution is 2.28. The van der Waals surface area contributed by atoms with E-state index in [1.807, 2.05) is 0 Å². The number of hydrogen-bond acceptors (Lipinski definition) is 6. The molecule has 134 valence electrons. The van der Waals surface area contributed by atoms with Gasteiger partial charge in [-0.3, -0.25) is 4.79 Å². The van der Waals surface area contributed by atoms with Crippen LogP contribution in [0.25, 0.3) is 0 Å². The molecule has 26 heavy (non-hydrogen) atoms. The van der Waals surface area contributed by atoms with Gasteiger partial charge in [0.25, 0.3) is 0 Å². The molecule has 1 heterocycles. The van der Waals surface area contributed by atoms with Crippen molar-refractivity contribution in [3.8, 4) is 11.5 Å². The summed E-state index contributed by atoms with van der Waals surface area (Å²) in [6.45, 7) is 0. The maximum Gasteiger partial charge on any atom is 0.179 e. The number of para-hydroxylation sites is 1. The van der Waals surface area contributed by atoms with E-state index < -0.39 is 9.84 Å². The molecule has 6 nitrogen and oxygen atoms in total. The smallest absolute Gasteiger partial charge is 0.179 e. The molecule has 0 saturated heterocycles. The summed E-state index contributed by atoms with van der Waals surface area (Å²) in [7, 11) is -3.39. The highest BCUT2D eigenvalue weighted by molar-refractivity contribution is 7.99. The molecule has 0 bridgehead atoms. The number of carbonyl (C=O) groups is 1. The molecular weight excluding hydrogens is 372 g/mol. The fourth-order valence-electron chi connectivity index (χ4n) is 2.22. The summed E-state index contributed by atoms with van der Waals surface area (Å²) < 4.78 is 29.3. The third-order valence-electron chi connectivity index (χ3n) is 3.47. The van der Waals surface area contributed by atoms with Crippen LogP contribution in [-0.2, 0) is 9.84 Å². The number of imidazole rings is 1. The Labute approximate surface area is 155 Å². The SMILES string of the molecule is CS(=O)(=O)c1ccccc1Oc1ccc(C(=O)CSc2ncc[nH]2)cc1. The lowest BCUT2D eigenvalue weighted by molar-refractivity contribution is 0.102. The van der Waals surface area contributed by atoms with Gasteiger partial charge in [0.05, 0.1) is 5.75 Å². The maximum atomic E-state index is 12.2. The van der Waals surface area contributed by atoms with Crippen LogP contribution in [0.2, 0.25) is 0 Å². The molecule has 0 aliphatic heterocycles. The fraction of sp³-hybridized carbons (Fsp3) is 0.111. The van der Waals surface area contributed by atoms with E-state index in [9.17, 15) is 13.2 Å². The molecule has 0 spiro atoms. The number of sulfone groups is 1. The minimum Gasteiger partial charge on any atom is -0.456 e. The Morgan fingerprint density at radius 3 is 2.54 bits per heavy atom. The van der Waals surface area contributed by atoms with Crippen molar-refractivity contribution in [2.75, 3.05) is 12.0 Å². The second-order valence-electron chi connectivity index (χ2n) is 5.45. The number of ether oxygens (including phenoxy) is 1. The number of benzene rings is 2. The quantitative estimate of drug-likeness (QED) is 0.492. The molecule has 0 radical (unpaired) electrons. The van der Waals surface area contributed by atoms with Crippen LogP contribution < -0.4 is 4.74 Å². The van der Waals surface area contributed by atoms with Gasteiger partial charge in [-0.1, -0.05) is 23.9 Å². The van der Waals surface area contributed by atoms with Gasteiger partial charge >= 0.3 is 0 Å². The van der Waals surface area contributed by atoms with Crippen LogP contribution in [0.5, 0.6) is 11.5 Å². The fourth-order valence-corrected chi connectivity index (χ4v) is 3.75. The second-order valence-corrected chi connectivity index (χ2v) is 8.40. The zero-order valence-corrected chi connectivity index (χ0v) is 15.5. The van der Waals surface area contributed by atoms with Gasteiger partial charge in [-0.25, -0.2) is 13.4 Å². The van der Waals surface area contributed by atoms with Crippen molar-refractivity contribution in [2.45, 2.75) is 10.1 Å². The summed E-state index contributed by atoms with van der Waals surface area (Å²) in [4.78, 5) is 19.3. The third-order valence-corrected chi connectivity index (χ3v) is 5.51. The number of aromatic nitrogens is 2. The number of aromatic amines is 1. The summed E-state index contributed by atoms with van der Waals surface area (Å²) in [5.74, 6) is 0.943. The number of nitrogens with zero attached hydrogens (tertiary/aromatic N) is 1. The molecule has 1 N–H and O–H groups in total. The summed E-state index contributed by atoms with van der Waals surface area (Å²) in [5, 5.41) is 0.690. The number of nitrogens with one attached hydrogen (secondary N) is 1. The maximum absolute atomic E-state index is 12.2. The van der Waals surface area contributed by atoms with Crippen molar-refractivity contribution in [3.05, 3.63) is 66.5 Å². The lowest BCUT2D eigenvalue weighted by atomic mass is 10.1. The van der Waals surface area contributed by atoms with Gasteiger partial charge in [0, 0.05) is 24.2 Å². The van der Waals surface area contributed by atoms with Crippen molar-refractivity contribution in [3.63, 3.8) is 0 Å². The first-order valence-electron chi connectivity index (χ1n) is 7.66. The molecule has 0 aliphatic carbocycles. The number of rotatable bonds is 7. The lowest BCUT2D eigenvalue weighted by Crippen LogP contribution is -2.03. The molecule has 0 fully saturated rings. The van der Waals surface area contributed by atoms with Crippen LogP contribution in [-0.4, -0.2) is 36.2 Å². The average Bonchev–Trinajstić information content (AvgIpc) is 3.13. The second kappa shape index (κ2) is 7.76. The normalized spacial score (nSPS) is 11.3. The lowest BCUT2D eigenvalue weighted by Gasteiger charge is -2.10. The van der Waals surface area contributed by atoms with Crippen LogP contribution in [0.15, 0.2) is 71.0 Å². The van der Waals surface area contributed by atoms with E-state index in [0.717, 1.165) is 6.26 Å². The van der Waals surface area contributed by atoms with Crippen molar-refractivity contribution < 1.29 is 17.9 Å². The number of Topliss-reactive ketones (excluding diaryl/α,β-unsaturated/α-hetero) is 1. The molecule has 0 amide bonds. The monoisotopic (exact) mass is 388 g/mol. The third kappa shape index (κ3) is 4.53. The molecule has 0 aliphatic rings. The molecular formula is C18H16N2O4S2. The Bertz CT molecular complexity index is 998. The molecule has 8 heteroatoms. The van der Waals surface area contributed by atoms with E-state index in [4.69, 9.17) is 4.74 Å². The molecule has 0 atom stereocenters. The molecule has 0 unspecified atom stereocenters. The zero-order valence-electron chi connectivity index (χ0n) is 13.9. The van der Waals surface area contributed by atoms with E-state index in [1.54, 1.807) is 54.9 Å². The van der Waals surface area contributed by atoms with Crippen molar-refractivity contribution in [1.29, 1.82) is 0 Å². The van der Waals surface area contributed by atoms with Crippen LogP contribution in [0.3, 0.4) is 0 Å². The Balaban J connectivity index is 1.69. The Morgan fingerprint density at radius 2 is 1.88 bits per heavy atom. The van der Waals surface area contributed by atoms with Crippen molar-refractivity contribution in [2.24, 2.45) is 0 Å². The van der Waals surface area contributed by atoms with Crippen molar-refractivity contribution in [1.82, 2.24) is 9.97 Å². The molecule has 1 aromatic heterocycles. The van der Waals surface area contributed by atoms with Crippen molar-refractivity contribution >= 4 is 27.4 Å². The summed E-state index contributed by atoms with van der Waals surface area (Å²) in [6.07, 6.45) is 4.47. The van der Waals surface area contributed by atoms with E-state index in [-0.39, 0.29) is 22.2 Å². The van der Waals surface area contributed by atoms with Gasteiger partial charge in [-0.05, 0) is 36.4 Å². The molecule has 0 saturated carbocycles. The summed E-state index contributed by atoms with van der Waals surface area (Å²) in [5.41, 5.74) is 0.549. The Hall–Kier alpha value is -2.58. The van der Waals surface area contributed by atoms with E-state index in [2.05, 4.69) is 9.97 Å². The van der Waals surface area contributed by atoms with Crippen LogP contribution in [0.1, 0.15) is 10.4 Å². The van der Waals surface area contributed by atoms with Gasteiger partial charge in [-0.2, -0.15) is 0 Å². The Kier molecular flexibility index (Phi) is 5.43. The van der Waals surface area contributed by atoms with E-state index in [1.165, 1.54) is 17.8 Å². The molecule has 3 aromatic rings. The first-order valence-corrected chi connectivity index (χ1v) is 10.5. The van der Waals surface area contributed by atoms with Crippen LogP contribution in [0, 0.1) is 0 Å². The van der Waals surface area contributed by atoms with Crippen LogP contribution >= 0.6 is 11.8 Å². The Morgan fingerprint density at radius 1 is 1.15 bits per heavy atom. The summed E-state index contributed by atoms with van der Waals surface area (Å²) in [6, 6.07) is 13.0. The number of carbonyl (C=O) groups excluding carboxylic acids is 1. The van der Waals surface area contributed by atoms with E-state index in [0.29, 0.717) is 16.5 Å². The standard InChI is InChI=1S/C18H16N2O4S2/c1-26(22,23)17-5-3-2-4-16(17)24-14-8-6-13(7-9-14)15(21)12-25-18-19-10-11-20-18/h2-11H,12H2,1H3,(H,19,20). The zero-order chi connectivity index (χ0) is 18.6. The largest absolute Gasteiger partial charge is 0.456 e. The highest BCUT2D eigenvalue weighted by Gasteiger charge is 2.14. The number of ketones is 1. The number of H-pyrrole nitrogens is 1. The minimum absolute atomic E-state index is 0.0329. The first kappa shape index (κ1) is 18.2. The summed E-state index contributed by atoms with van der Waals surface area (Å²) >= 11 is 1.33. The van der Waals surface area contributed by atoms with Crippen LogP contribution in [0.4, 0.5) is 0 Å². The predicted molar refractivity (Wildman–Crippen MR) is 99.7 cm³/mol. The van der Waals surface area contributed by atoms with Gasteiger partial charge in [0.1, 0.15) is 16.4 Å². The molecule has 2 aromatic carbocycles. The number of thioether (sulfide) groups is 1. The average molecular weight is 388 g/mol. The number of hydrogen-bond donors (Lipinski definition) is 1. The topological polar surface area (TPSA) is 89.1 Å². The minimum atomic E-state index is -3.39. The van der Waals surface area contributed by atoms with Gasteiger partial charge in [0.2, 0.25) is 0 Å². The predicted octanol–water partition coefficient (Wildman–Crippen LogP) is 3.58. The van der Waals surface area contributed by atoms with Gasteiger partial charge in [0.15, 0.2) is 20.8 Å². The van der Waals surface area contributed by atoms with Gasteiger partial charge in [-0.15, -0.1) is 0 Å².